The normalized spacial score (nSPS) is 19.2. The standard InChI is InChI=1S/C20H31N7O/c1-24-10-8-21-19(24)16-25-11-13-26(14-12-25)20(28)18-15-27(23-22-18)9-7-17-5-3-2-4-6-17/h8,10,15,17H,2-7,9,11-14,16H2,1H3. The number of hydrogen-bond acceptors (Lipinski definition) is 5. The number of amides is 1. The minimum absolute atomic E-state index is 0.000517. The van der Waals surface area contributed by atoms with E-state index in [1.54, 1.807) is 0 Å². The zero-order valence-corrected chi connectivity index (χ0v) is 16.8. The summed E-state index contributed by atoms with van der Waals surface area (Å²) in [5.74, 6) is 1.87. The largest absolute Gasteiger partial charge is 0.337 e. The Bertz CT molecular complexity index is 769. The minimum Gasteiger partial charge on any atom is -0.337 e. The molecule has 1 aliphatic heterocycles. The van der Waals surface area contributed by atoms with Gasteiger partial charge in [0, 0.05) is 52.2 Å². The Kier molecular flexibility index (Phi) is 6.04. The van der Waals surface area contributed by atoms with Crippen LogP contribution in [0, 0.1) is 5.92 Å². The highest BCUT2D eigenvalue weighted by molar-refractivity contribution is 5.92. The van der Waals surface area contributed by atoms with E-state index < -0.39 is 0 Å². The molecule has 1 aliphatic carbocycles. The summed E-state index contributed by atoms with van der Waals surface area (Å²) in [5, 5.41) is 8.33. The number of nitrogens with zero attached hydrogens (tertiary/aromatic N) is 7. The van der Waals surface area contributed by atoms with Gasteiger partial charge < -0.3 is 9.47 Å². The Balaban J connectivity index is 1.25. The van der Waals surface area contributed by atoms with Crippen molar-refractivity contribution in [1.82, 2.24) is 34.3 Å². The van der Waals surface area contributed by atoms with Crippen LogP contribution < -0.4 is 0 Å². The number of imidazole rings is 1. The van der Waals surface area contributed by atoms with Gasteiger partial charge >= 0.3 is 0 Å². The zero-order valence-electron chi connectivity index (χ0n) is 16.8. The van der Waals surface area contributed by atoms with Gasteiger partial charge in [0.25, 0.3) is 5.91 Å². The van der Waals surface area contributed by atoms with Gasteiger partial charge in [-0.2, -0.15) is 0 Å². The van der Waals surface area contributed by atoms with Gasteiger partial charge in [-0.1, -0.05) is 37.3 Å². The summed E-state index contributed by atoms with van der Waals surface area (Å²) < 4.78 is 3.89. The molecule has 0 atom stereocenters. The van der Waals surface area contributed by atoms with Crippen molar-refractivity contribution in [2.45, 2.75) is 51.6 Å². The molecule has 2 aromatic heterocycles. The summed E-state index contributed by atoms with van der Waals surface area (Å²) in [5.41, 5.74) is 0.473. The lowest BCUT2D eigenvalue weighted by molar-refractivity contribution is 0.0618. The van der Waals surface area contributed by atoms with Gasteiger partial charge in [-0.3, -0.25) is 14.4 Å². The van der Waals surface area contributed by atoms with Gasteiger partial charge in [0.05, 0.1) is 12.7 Å². The highest BCUT2D eigenvalue weighted by Gasteiger charge is 2.25. The number of rotatable bonds is 6. The van der Waals surface area contributed by atoms with Crippen LogP contribution in [0.3, 0.4) is 0 Å². The van der Waals surface area contributed by atoms with E-state index in [4.69, 9.17) is 0 Å². The maximum Gasteiger partial charge on any atom is 0.276 e. The van der Waals surface area contributed by atoms with Crippen LogP contribution >= 0.6 is 0 Å². The molecule has 3 heterocycles. The first-order valence-corrected chi connectivity index (χ1v) is 10.6. The topological polar surface area (TPSA) is 72.1 Å². The van der Waals surface area contributed by atoms with Crippen LogP contribution in [0.25, 0.3) is 0 Å². The quantitative estimate of drug-likeness (QED) is 0.760. The average Bonchev–Trinajstić information content (AvgIpc) is 3.37. The second kappa shape index (κ2) is 8.86. The van der Waals surface area contributed by atoms with E-state index >= 15 is 0 Å². The summed E-state index contributed by atoms with van der Waals surface area (Å²) in [4.78, 5) is 21.4. The molecule has 0 bridgehead atoms. The van der Waals surface area contributed by atoms with E-state index in [0.29, 0.717) is 5.69 Å². The number of piperazine rings is 1. The second-order valence-electron chi connectivity index (χ2n) is 8.18. The molecule has 0 unspecified atom stereocenters. The van der Waals surface area contributed by atoms with Crippen LogP contribution in [-0.4, -0.2) is 66.4 Å². The van der Waals surface area contributed by atoms with Crippen molar-refractivity contribution in [2.75, 3.05) is 26.2 Å². The van der Waals surface area contributed by atoms with E-state index in [9.17, 15) is 4.79 Å². The van der Waals surface area contributed by atoms with Crippen LogP contribution in [0.5, 0.6) is 0 Å². The number of carbonyl (C=O) groups is 1. The summed E-state index contributed by atoms with van der Waals surface area (Å²) in [6.07, 6.45) is 13.5. The van der Waals surface area contributed by atoms with Crippen molar-refractivity contribution < 1.29 is 4.79 Å². The van der Waals surface area contributed by atoms with Crippen molar-refractivity contribution in [1.29, 1.82) is 0 Å². The van der Waals surface area contributed by atoms with Crippen molar-refractivity contribution in [2.24, 2.45) is 13.0 Å². The second-order valence-corrected chi connectivity index (χ2v) is 8.18. The van der Waals surface area contributed by atoms with Crippen LogP contribution in [0.1, 0.15) is 54.8 Å². The smallest absolute Gasteiger partial charge is 0.276 e. The Morgan fingerprint density at radius 2 is 1.93 bits per heavy atom. The average molecular weight is 386 g/mol. The SMILES string of the molecule is Cn1ccnc1CN1CCN(C(=O)c2cn(CCC3CCCCC3)nn2)CC1. The third-order valence-corrected chi connectivity index (χ3v) is 6.19. The van der Waals surface area contributed by atoms with Crippen LogP contribution in [0.15, 0.2) is 18.6 Å². The Morgan fingerprint density at radius 3 is 2.64 bits per heavy atom. The molecular formula is C20H31N7O. The number of hydrogen-bond donors (Lipinski definition) is 0. The first-order valence-electron chi connectivity index (χ1n) is 10.6. The lowest BCUT2D eigenvalue weighted by atomic mass is 9.87. The lowest BCUT2D eigenvalue weighted by Gasteiger charge is -2.34. The molecule has 0 aromatic carbocycles. The van der Waals surface area contributed by atoms with Crippen molar-refractivity contribution in [3.63, 3.8) is 0 Å². The molecule has 4 rings (SSSR count). The van der Waals surface area contributed by atoms with Gasteiger partial charge in [-0.05, 0) is 12.3 Å². The molecule has 1 amide bonds. The van der Waals surface area contributed by atoms with Gasteiger partial charge in [-0.25, -0.2) is 4.98 Å². The molecule has 0 radical (unpaired) electrons. The maximum absolute atomic E-state index is 12.8. The van der Waals surface area contributed by atoms with E-state index in [1.165, 1.54) is 32.1 Å². The van der Waals surface area contributed by atoms with Gasteiger partial charge in [0.2, 0.25) is 0 Å². The molecule has 1 saturated heterocycles. The summed E-state index contributed by atoms with van der Waals surface area (Å²) in [6.45, 7) is 4.84. The molecule has 8 heteroatoms. The van der Waals surface area contributed by atoms with Crippen LogP contribution in [0.4, 0.5) is 0 Å². The molecule has 8 nitrogen and oxygen atoms in total. The number of aromatic nitrogens is 5. The third-order valence-electron chi connectivity index (χ3n) is 6.19. The highest BCUT2D eigenvalue weighted by Crippen LogP contribution is 2.26. The molecule has 1 saturated carbocycles. The molecule has 2 aromatic rings. The van der Waals surface area contributed by atoms with E-state index in [-0.39, 0.29) is 5.91 Å². The van der Waals surface area contributed by atoms with Crippen LogP contribution in [0.2, 0.25) is 0 Å². The minimum atomic E-state index is 0.000517. The van der Waals surface area contributed by atoms with E-state index in [0.717, 1.165) is 57.4 Å². The Morgan fingerprint density at radius 1 is 1.14 bits per heavy atom. The molecule has 2 aliphatic rings. The highest BCUT2D eigenvalue weighted by atomic mass is 16.2. The van der Waals surface area contributed by atoms with Gasteiger partial charge in [0.1, 0.15) is 5.82 Å². The predicted octanol–water partition coefficient (Wildman–Crippen LogP) is 1.94. The monoisotopic (exact) mass is 385 g/mol. The van der Waals surface area contributed by atoms with E-state index in [1.807, 2.05) is 39.8 Å². The fraction of sp³-hybridized carbons (Fsp3) is 0.700. The molecule has 28 heavy (non-hydrogen) atoms. The van der Waals surface area contributed by atoms with Gasteiger partial charge in [-0.15, -0.1) is 5.10 Å². The third kappa shape index (κ3) is 4.60. The van der Waals surface area contributed by atoms with Gasteiger partial charge in [0.15, 0.2) is 5.69 Å². The molecular weight excluding hydrogens is 354 g/mol. The summed E-state index contributed by atoms with van der Waals surface area (Å²) >= 11 is 0. The molecule has 152 valence electrons. The van der Waals surface area contributed by atoms with Crippen molar-refractivity contribution >= 4 is 5.91 Å². The first-order chi connectivity index (χ1) is 13.7. The number of aryl methyl sites for hydroxylation is 2. The molecule has 0 N–H and O–H groups in total. The molecule has 0 spiro atoms. The molecule has 2 fully saturated rings. The maximum atomic E-state index is 12.8. The van der Waals surface area contributed by atoms with Crippen molar-refractivity contribution in [3.05, 3.63) is 30.1 Å². The van der Waals surface area contributed by atoms with Crippen molar-refractivity contribution in [3.8, 4) is 0 Å². The zero-order chi connectivity index (χ0) is 19.3. The van der Waals surface area contributed by atoms with Crippen LogP contribution in [-0.2, 0) is 20.1 Å². The Labute approximate surface area is 166 Å². The fourth-order valence-electron chi connectivity index (χ4n) is 4.32. The predicted molar refractivity (Wildman–Crippen MR) is 106 cm³/mol. The Hall–Kier alpha value is -2.22. The number of carbonyl (C=O) groups excluding carboxylic acids is 1. The lowest BCUT2D eigenvalue weighted by Crippen LogP contribution is -2.48. The summed E-state index contributed by atoms with van der Waals surface area (Å²) in [6, 6.07) is 0. The summed E-state index contributed by atoms with van der Waals surface area (Å²) in [7, 11) is 2.01. The van der Waals surface area contributed by atoms with E-state index in [2.05, 4.69) is 20.2 Å². The fourth-order valence-corrected chi connectivity index (χ4v) is 4.32. The first kappa shape index (κ1) is 19.1.